The van der Waals surface area contributed by atoms with Crippen LogP contribution >= 0.6 is 11.8 Å². The van der Waals surface area contributed by atoms with E-state index in [2.05, 4.69) is 9.73 Å². The zero-order chi connectivity index (χ0) is 22.1. The predicted molar refractivity (Wildman–Crippen MR) is 121 cm³/mol. The molecule has 0 aromatic heterocycles. The molecule has 2 aromatic carbocycles. The molecule has 31 heavy (non-hydrogen) atoms. The van der Waals surface area contributed by atoms with Crippen molar-refractivity contribution in [3.63, 3.8) is 0 Å². The zero-order valence-electron chi connectivity index (χ0n) is 17.3. The minimum atomic E-state index is -4.06. The van der Waals surface area contributed by atoms with Gasteiger partial charge >= 0.3 is 0 Å². The molecule has 0 radical (unpaired) electrons. The molecule has 0 saturated carbocycles. The van der Waals surface area contributed by atoms with Gasteiger partial charge in [-0.2, -0.15) is 0 Å². The van der Waals surface area contributed by atoms with Gasteiger partial charge in [0.25, 0.3) is 10.0 Å². The van der Waals surface area contributed by atoms with Crippen LogP contribution in [-0.4, -0.2) is 54.9 Å². The molecule has 0 spiro atoms. The summed E-state index contributed by atoms with van der Waals surface area (Å²) in [5.41, 5.74) is 0. The van der Waals surface area contributed by atoms with Crippen LogP contribution in [-0.2, 0) is 10.0 Å². The minimum absolute atomic E-state index is 0.00709. The number of nitro groups is 1. The maximum absolute atomic E-state index is 12.8. The van der Waals surface area contributed by atoms with Crippen LogP contribution in [0.3, 0.4) is 0 Å². The van der Waals surface area contributed by atoms with E-state index in [0.717, 1.165) is 30.8 Å². The summed E-state index contributed by atoms with van der Waals surface area (Å²) in [5, 5.41) is 11.9. The first-order valence-electron chi connectivity index (χ1n) is 10.4. The topological polar surface area (TPSA) is 95.8 Å². The van der Waals surface area contributed by atoms with E-state index in [1.54, 1.807) is 18.2 Å². The molecule has 168 valence electrons. The van der Waals surface area contributed by atoms with Crippen molar-refractivity contribution in [2.75, 3.05) is 25.4 Å². The lowest BCUT2D eigenvalue weighted by Crippen LogP contribution is -2.53. The van der Waals surface area contributed by atoms with Gasteiger partial charge in [0.05, 0.1) is 4.90 Å². The number of sulfonamides is 1. The first-order valence-corrected chi connectivity index (χ1v) is 12.8. The minimum Gasteiger partial charge on any atom is -0.303 e. The lowest BCUT2D eigenvalue weighted by molar-refractivity contribution is -0.672. The third kappa shape index (κ3) is 7.20. The highest BCUT2D eigenvalue weighted by Gasteiger charge is 2.32. The third-order valence-electron chi connectivity index (χ3n) is 5.20. The molecule has 1 heterocycles. The maximum Gasteiger partial charge on any atom is 0.261 e. The largest absolute Gasteiger partial charge is 0.303 e. The molecule has 1 fully saturated rings. The Hall–Kier alpha value is -2.14. The summed E-state index contributed by atoms with van der Waals surface area (Å²) in [5.74, 6) is 0.385. The van der Waals surface area contributed by atoms with Gasteiger partial charge in [-0.05, 0) is 61.7 Å². The van der Waals surface area contributed by atoms with Crippen LogP contribution in [0.2, 0.25) is 0 Å². The van der Waals surface area contributed by atoms with Gasteiger partial charge in [0.15, 0.2) is 5.03 Å². The van der Waals surface area contributed by atoms with E-state index < -0.39 is 21.1 Å². The Morgan fingerprint density at radius 3 is 2.26 bits per heavy atom. The van der Waals surface area contributed by atoms with Crippen LogP contribution in [0.25, 0.3) is 0 Å². The molecule has 1 aliphatic heterocycles. The number of hydrogen-bond acceptors (Lipinski definition) is 6. The van der Waals surface area contributed by atoms with Gasteiger partial charge in [0.1, 0.15) is 6.04 Å². The second kappa shape index (κ2) is 11.5. The number of rotatable bonds is 11. The van der Waals surface area contributed by atoms with Gasteiger partial charge in [-0.15, -0.1) is 11.8 Å². The highest BCUT2D eigenvalue weighted by molar-refractivity contribution is 7.99. The lowest BCUT2D eigenvalue weighted by atomic mass is 10.1. The molecule has 3 rings (SSSR count). The zero-order valence-corrected chi connectivity index (χ0v) is 18.9. The average Bonchev–Trinajstić information content (AvgIpc) is 2.80. The summed E-state index contributed by atoms with van der Waals surface area (Å²) in [7, 11) is -4.06. The van der Waals surface area contributed by atoms with Gasteiger partial charge in [0, 0.05) is 17.2 Å². The fourth-order valence-corrected chi connectivity index (χ4v) is 5.64. The fraction of sp³-hybridized carbons (Fsp3) is 0.429. The molecule has 1 atom stereocenters. The van der Waals surface area contributed by atoms with Crippen molar-refractivity contribution in [3.8, 4) is 0 Å². The number of thioether (sulfide) groups is 1. The molecular formula is C21H28N4O4S2. The van der Waals surface area contributed by atoms with Gasteiger partial charge in [-0.1, -0.05) is 47.7 Å². The second-order valence-corrected chi connectivity index (χ2v) is 10.2. The second-order valence-electron chi connectivity index (χ2n) is 7.46. The maximum atomic E-state index is 12.8. The van der Waals surface area contributed by atoms with Crippen LogP contribution < -0.4 is 4.83 Å². The molecule has 1 aliphatic rings. The number of hydrazine groups is 2. The first kappa shape index (κ1) is 23.5. The van der Waals surface area contributed by atoms with Crippen molar-refractivity contribution in [3.05, 3.63) is 70.8 Å². The van der Waals surface area contributed by atoms with Crippen molar-refractivity contribution in [1.29, 1.82) is 0 Å². The number of hydrogen-bond donors (Lipinski definition) is 1. The van der Waals surface area contributed by atoms with Crippen molar-refractivity contribution in [2.45, 2.75) is 41.5 Å². The van der Waals surface area contributed by atoms with Crippen LogP contribution in [0.5, 0.6) is 0 Å². The summed E-state index contributed by atoms with van der Waals surface area (Å²) in [6.45, 7) is 2.65. The van der Waals surface area contributed by atoms with E-state index in [0.29, 0.717) is 23.8 Å². The van der Waals surface area contributed by atoms with Crippen LogP contribution in [0.15, 0.2) is 70.5 Å². The number of likely N-dealkylation sites (tertiary alicyclic amines) is 1. The molecule has 0 aliphatic carbocycles. The number of nitrogens with zero attached hydrogens (tertiary/aromatic N) is 3. The molecule has 8 nitrogen and oxygen atoms in total. The Kier molecular flexibility index (Phi) is 8.70. The van der Waals surface area contributed by atoms with Crippen LogP contribution in [0.1, 0.15) is 25.7 Å². The van der Waals surface area contributed by atoms with Crippen molar-refractivity contribution in [1.82, 2.24) is 14.8 Å². The summed E-state index contributed by atoms with van der Waals surface area (Å²) < 4.78 is 25.5. The fourth-order valence-electron chi connectivity index (χ4n) is 3.52. The van der Waals surface area contributed by atoms with Crippen molar-refractivity contribution in [2.24, 2.45) is 0 Å². The Balaban J connectivity index is 1.75. The van der Waals surface area contributed by atoms with E-state index in [1.165, 1.54) is 30.3 Å². The quantitative estimate of drug-likeness (QED) is 0.309. The first-order chi connectivity index (χ1) is 15.0. The lowest BCUT2D eigenvalue weighted by Gasteiger charge is -2.29. The molecule has 2 aromatic rings. The molecule has 0 amide bonds. The monoisotopic (exact) mass is 464 g/mol. The SMILES string of the molecule is O=[N+]([O-])N(NS(=O)(=O)c1ccccc1)[C@H](CCN1CCCCC1)CSc1ccccc1. The number of benzene rings is 2. The summed E-state index contributed by atoms with van der Waals surface area (Å²) in [4.78, 5) is 17.4. The van der Waals surface area contributed by atoms with Gasteiger partial charge < -0.3 is 4.90 Å². The van der Waals surface area contributed by atoms with Crippen LogP contribution in [0, 0.1) is 10.1 Å². The highest BCUT2D eigenvalue weighted by atomic mass is 32.2. The van der Waals surface area contributed by atoms with E-state index in [9.17, 15) is 18.5 Å². The smallest absolute Gasteiger partial charge is 0.261 e. The molecule has 1 saturated heterocycles. The van der Waals surface area contributed by atoms with E-state index in [-0.39, 0.29) is 4.90 Å². The van der Waals surface area contributed by atoms with E-state index >= 15 is 0 Å². The Bertz CT molecular complexity index is 923. The Morgan fingerprint density at radius 2 is 1.65 bits per heavy atom. The predicted octanol–water partition coefficient (Wildman–Crippen LogP) is 3.41. The van der Waals surface area contributed by atoms with Gasteiger partial charge in [-0.25, -0.2) is 18.5 Å². The molecular weight excluding hydrogens is 436 g/mol. The molecule has 1 N–H and O–H groups in total. The Morgan fingerprint density at radius 1 is 1.03 bits per heavy atom. The average molecular weight is 465 g/mol. The standard InChI is InChI=1S/C21H28N4O4S2/c26-25(27)24(22-31(28,29)21-12-6-2-7-13-21)19(14-17-23-15-8-3-9-16-23)18-30-20-10-4-1-5-11-20/h1-2,4-7,10-13,19,22H,3,8-9,14-18H2/t19-/m1/s1. The number of piperidine rings is 1. The van der Waals surface area contributed by atoms with E-state index in [4.69, 9.17) is 0 Å². The number of nitrogens with one attached hydrogen (secondary N) is 1. The van der Waals surface area contributed by atoms with Crippen molar-refractivity contribution >= 4 is 21.8 Å². The van der Waals surface area contributed by atoms with Gasteiger partial charge in [-0.3, -0.25) is 0 Å². The van der Waals surface area contributed by atoms with Crippen molar-refractivity contribution < 1.29 is 13.5 Å². The van der Waals surface area contributed by atoms with Crippen LogP contribution in [0.4, 0.5) is 0 Å². The third-order valence-corrected chi connectivity index (χ3v) is 7.68. The summed E-state index contributed by atoms with van der Waals surface area (Å²) >= 11 is 1.48. The van der Waals surface area contributed by atoms with E-state index in [1.807, 2.05) is 30.3 Å². The van der Waals surface area contributed by atoms with Gasteiger partial charge in [0.2, 0.25) is 0 Å². The molecule has 10 heteroatoms. The molecule has 0 bridgehead atoms. The molecule has 0 unspecified atom stereocenters. The summed E-state index contributed by atoms with van der Waals surface area (Å²) in [6.07, 6.45) is 3.95. The Labute approximate surface area is 187 Å². The summed E-state index contributed by atoms with van der Waals surface area (Å²) in [6, 6.07) is 16.7. The normalized spacial score (nSPS) is 16.0. The highest BCUT2D eigenvalue weighted by Crippen LogP contribution is 2.22.